The summed E-state index contributed by atoms with van der Waals surface area (Å²) >= 11 is 0. The van der Waals surface area contributed by atoms with Crippen LogP contribution < -0.4 is 10.9 Å². The molecule has 0 bridgehead atoms. The number of likely N-dealkylation sites (tertiary alicyclic amines) is 1. The van der Waals surface area contributed by atoms with Crippen LogP contribution in [0.25, 0.3) is 0 Å². The van der Waals surface area contributed by atoms with E-state index in [-0.39, 0.29) is 29.0 Å². The Labute approximate surface area is 164 Å². The van der Waals surface area contributed by atoms with Crippen LogP contribution in [0.1, 0.15) is 43.1 Å². The van der Waals surface area contributed by atoms with Crippen molar-refractivity contribution in [3.63, 3.8) is 0 Å². The van der Waals surface area contributed by atoms with Gasteiger partial charge in [-0.1, -0.05) is 31.5 Å². The molecule has 1 aliphatic rings. The van der Waals surface area contributed by atoms with E-state index in [4.69, 9.17) is 0 Å². The SMILES string of the molecule is CCCCn1nc(C(=O)N2CCCC(C(=O)Nc3ccccc3)C2)ccc1=O. The lowest BCUT2D eigenvalue weighted by atomic mass is 9.96. The number of amides is 2. The molecule has 1 aromatic carbocycles. The molecule has 2 heterocycles. The molecule has 7 nitrogen and oxygen atoms in total. The molecule has 1 saturated heterocycles. The fourth-order valence-electron chi connectivity index (χ4n) is 3.33. The van der Waals surface area contributed by atoms with Crippen LogP contribution in [0.4, 0.5) is 5.69 Å². The van der Waals surface area contributed by atoms with Gasteiger partial charge in [0.05, 0.1) is 5.92 Å². The number of hydrogen-bond acceptors (Lipinski definition) is 4. The highest BCUT2D eigenvalue weighted by atomic mass is 16.2. The second-order valence-corrected chi connectivity index (χ2v) is 7.08. The van der Waals surface area contributed by atoms with Gasteiger partial charge in [0.2, 0.25) is 5.91 Å². The lowest BCUT2D eigenvalue weighted by molar-refractivity contribution is -0.121. The van der Waals surface area contributed by atoms with E-state index in [0.717, 1.165) is 31.4 Å². The van der Waals surface area contributed by atoms with Crippen LogP contribution in [0.15, 0.2) is 47.3 Å². The van der Waals surface area contributed by atoms with Gasteiger partial charge < -0.3 is 10.2 Å². The van der Waals surface area contributed by atoms with Crippen molar-refractivity contribution in [2.45, 2.75) is 39.2 Å². The Balaban J connectivity index is 1.67. The van der Waals surface area contributed by atoms with Crippen molar-refractivity contribution in [1.82, 2.24) is 14.7 Å². The maximum atomic E-state index is 12.9. The molecule has 1 atom stereocenters. The number of carbonyl (C=O) groups excluding carboxylic acids is 2. The van der Waals surface area contributed by atoms with Gasteiger partial charge in [0.25, 0.3) is 11.5 Å². The third-order valence-corrected chi connectivity index (χ3v) is 4.93. The molecule has 1 N–H and O–H groups in total. The summed E-state index contributed by atoms with van der Waals surface area (Å²) in [5.41, 5.74) is 0.796. The zero-order valence-electron chi connectivity index (χ0n) is 16.1. The van der Waals surface area contributed by atoms with Crippen molar-refractivity contribution < 1.29 is 9.59 Å². The number of carbonyl (C=O) groups is 2. The minimum atomic E-state index is -0.260. The predicted molar refractivity (Wildman–Crippen MR) is 107 cm³/mol. The van der Waals surface area contributed by atoms with Crippen LogP contribution in [0, 0.1) is 5.92 Å². The number of nitrogens with one attached hydrogen (secondary N) is 1. The molecule has 1 aromatic heterocycles. The summed E-state index contributed by atoms with van der Waals surface area (Å²) in [5.74, 6) is -0.573. The quantitative estimate of drug-likeness (QED) is 0.832. The number of para-hydroxylation sites is 1. The van der Waals surface area contributed by atoms with Gasteiger partial charge in [0.15, 0.2) is 0 Å². The number of aryl methyl sites for hydroxylation is 1. The topological polar surface area (TPSA) is 84.3 Å². The summed E-state index contributed by atoms with van der Waals surface area (Å²) in [5, 5.41) is 7.15. The molecule has 0 spiro atoms. The maximum absolute atomic E-state index is 12.9. The van der Waals surface area contributed by atoms with Crippen molar-refractivity contribution in [3.8, 4) is 0 Å². The average molecular weight is 382 g/mol. The highest BCUT2D eigenvalue weighted by molar-refractivity contribution is 5.95. The van der Waals surface area contributed by atoms with E-state index >= 15 is 0 Å². The zero-order chi connectivity index (χ0) is 19.9. The average Bonchev–Trinajstić information content (AvgIpc) is 2.73. The zero-order valence-corrected chi connectivity index (χ0v) is 16.1. The molecule has 2 aromatic rings. The van der Waals surface area contributed by atoms with E-state index in [1.165, 1.54) is 16.8 Å². The van der Waals surface area contributed by atoms with Crippen LogP contribution >= 0.6 is 0 Å². The first-order valence-corrected chi connectivity index (χ1v) is 9.82. The first-order valence-electron chi connectivity index (χ1n) is 9.82. The molecular weight excluding hydrogens is 356 g/mol. The Morgan fingerprint density at radius 2 is 1.96 bits per heavy atom. The summed E-state index contributed by atoms with van der Waals surface area (Å²) < 4.78 is 1.35. The van der Waals surface area contributed by atoms with Crippen molar-refractivity contribution in [2.75, 3.05) is 18.4 Å². The third-order valence-electron chi connectivity index (χ3n) is 4.93. The number of benzene rings is 1. The Morgan fingerprint density at radius 1 is 1.18 bits per heavy atom. The van der Waals surface area contributed by atoms with E-state index in [1.807, 2.05) is 37.3 Å². The van der Waals surface area contributed by atoms with Gasteiger partial charge in [-0.15, -0.1) is 0 Å². The smallest absolute Gasteiger partial charge is 0.274 e. The van der Waals surface area contributed by atoms with E-state index in [2.05, 4.69) is 10.4 Å². The van der Waals surface area contributed by atoms with Gasteiger partial charge in [-0.2, -0.15) is 5.10 Å². The summed E-state index contributed by atoms with van der Waals surface area (Å²) in [7, 11) is 0. The molecule has 0 radical (unpaired) electrons. The number of rotatable bonds is 6. The molecule has 1 aliphatic heterocycles. The van der Waals surface area contributed by atoms with Crippen molar-refractivity contribution in [2.24, 2.45) is 5.92 Å². The summed E-state index contributed by atoms with van der Waals surface area (Å²) in [6.07, 6.45) is 3.27. The van der Waals surface area contributed by atoms with Crippen LogP contribution in [0.5, 0.6) is 0 Å². The fraction of sp³-hybridized carbons (Fsp3) is 0.429. The first-order chi connectivity index (χ1) is 13.6. The molecule has 1 fully saturated rings. The molecule has 3 rings (SSSR count). The molecule has 0 aliphatic carbocycles. The van der Waals surface area contributed by atoms with Gasteiger partial charge in [-0.25, -0.2) is 4.68 Å². The van der Waals surface area contributed by atoms with Gasteiger partial charge in [0.1, 0.15) is 5.69 Å². The standard InChI is InChI=1S/C21H26N4O3/c1-2-3-14-25-19(26)12-11-18(23-25)21(28)24-13-7-8-16(15-24)20(27)22-17-9-5-4-6-10-17/h4-6,9-12,16H,2-3,7-8,13-15H2,1H3,(H,22,27). The van der Waals surface area contributed by atoms with Gasteiger partial charge in [0, 0.05) is 31.4 Å². The number of aromatic nitrogens is 2. The first kappa shape index (κ1) is 19.8. The van der Waals surface area contributed by atoms with E-state index < -0.39 is 0 Å². The number of piperidine rings is 1. The number of nitrogens with zero attached hydrogens (tertiary/aromatic N) is 3. The number of hydrogen-bond donors (Lipinski definition) is 1. The molecule has 7 heteroatoms. The Bertz CT molecular complexity index is 879. The monoisotopic (exact) mass is 382 g/mol. The third kappa shape index (κ3) is 4.85. The number of unbranched alkanes of at least 4 members (excludes halogenated alkanes) is 1. The lowest BCUT2D eigenvalue weighted by Gasteiger charge is -2.31. The Hall–Kier alpha value is -2.96. The highest BCUT2D eigenvalue weighted by Gasteiger charge is 2.29. The molecular formula is C21H26N4O3. The van der Waals surface area contributed by atoms with Crippen molar-refractivity contribution in [3.05, 3.63) is 58.5 Å². The second kappa shape index (κ2) is 9.30. The highest BCUT2D eigenvalue weighted by Crippen LogP contribution is 2.20. The summed E-state index contributed by atoms with van der Waals surface area (Å²) in [6, 6.07) is 12.2. The van der Waals surface area contributed by atoms with Gasteiger partial charge in [-0.3, -0.25) is 14.4 Å². The van der Waals surface area contributed by atoms with Gasteiger partial charge >= 0.3 is 0 Å². The minimum Gasteiger partial charge on any atom is -0.336 e. The maximum Gasteiger partial charge on any atom is 0.274 e. The lowest BCUT2D eigenvalue weighted by Crippen LogP contribution is -2.44. The second-order valence-electron chi connectivity index (χ2n) is 7.08. The largest absolute Gasteiger partial charge is 0.336 e. The van der Waals surface area contributed by atoms with E-state index in [9.17, 15) is 14.4 Å². The van der Waals surface area contributed by atoms with Crippen LogP contribution in [-0.2, 0) is 11.3 Å². The molecule has 1 unspecified atom stereocenters. The Morgan fingerprint density at radius 3 is 2.71 bits per heavy atom. The fourth-order valence-corrected chi connectivity index (χ4v) is 3.33. The van der Waals surface area contributed by atoms with E-state index in [0.29, 0.717) is 19.6 Å². The summed E-state index contributed by atoms with van der Waals surface area (Å²) in [4.78, 5) is 39.0. The molecule has 28 heavy (non-hydrogen) atoms. The molecule has 2 amide bonds. The summed E-state index contributed by atoms with van der Waals surface area (Å²) in [6.45, 7) is 3.48. The van der Waals surface area contributed by atoms with Gasteiger partial charge in [-0.05, 0) is 37.5 Å². The van der Waals surface area contributed by atoms with Crippen LogP contribution in [0.2, 0.25) is 0 Å². The predicted octanol–water partition coefficient (Wildman–Crippen LogP) is 2.53. The number of anilines is 1. The Kier molecular flexibility index (Phi) is 6.57. The normalized spacial score (nSPS) is 16.6. The minimum absolute atomic E-state index is 0.0791. The van der Waals surface area contributed by atoms with E-state index in [1.54, 1.807) is 4.90 Å². The van der Waals surface area contributed by atoms with Crippen LogP contribution in [-0.4, -0.2) is 39.6 Å². The molecule has 0 saturated carbocycles. The molecule has 148 valence electrons. The van der Waals surface area contributed by atoms with Crippen molar-refractivity contribution in [1.29, 1.82) is 0 Å². The van der Waals surface area contributed by atoms with Crippen molar-refractivity contribution >= 4 is 17.5 Å². The van der Waals surface area contributed by atoms with Crippen LogP contribution in [0.3, 0.4) is 0 Å².